The van der Waals surface area contributed by atoms with Crippen LogP contribution in [0.25, 0.3) is 5.52 Å². The summed E-state index contributed by atoms with van der Waals surface area (Å²) in [5.74, 6) is -0.171. The third kappa shape index (κ3) is 2.16. The van der Waals surface area contributed by atoms with Gasteiger partial charge < -0.3 is 0 Å². The van der Waals surface area contributed by atoms with Gasteiger partial charge in [-0.25, -0.2) is 8.91 Å². The normalized spacial score (nSPS) is 18.1. The smallest absolute Gasteiger partial charge is 0.127 e. The van der Waals surface area contributed by atoms with E-state index in [1.54, 1.807) is 6.07 Å². The number of halogens is 1. The van der Waals surface area contributed by atoms with E-state index in [4.69, 9.17) is 4.99 Å². The SMILES string of the molecule is Cc1ccc2cc(C3=NC(C)(C)C(C)(C)c4c(F)cccc43)cnn12. The summed E-state index contributed by atoms with van der Waals surface area (Å²) in [6.07, 6.45) is 1.82. The molecule has 1 aliphatic rings. The number of benzene rings is 1. The van der Waals surface area contributed by atoms with Crippen LogP contribution in [-0.2, 0) is 5.41 Å². The van der Waals surface area contributed by atoms with Gasteiger partial charge in [0, 0.05) is 27.8 Å². The first-order chi connectivity index (χ1) is 11.7. The van der Waals surface area contributed by atoms with E-state index in [0.717, 1.165) is 33.6 Å². The zero-order chi connectivity index (χ0) is 18.0. The van der Waals surface area contributed by atoms with Crippen molar-refractivity contribution in [2.24, 2.45) is 4.99 Å². The fourth-order valence-electron chi connectivity index (χ4n) is 3.63. The monoisotopic (exact) mass is 335 g/mol. The van der Waals surface area contributed by atoms with Crippen molar-refractivity contribution in [3.05, 3.63) is 70.8 Å². The molecule has 3 heterocycles. The van der Waals surface area contributed by atoms with Crippen LogP contribution in [-0.4, -0.2) is 20.9 Å². The number of aromatic nitrogens is 2. The molecule has 0 saturated heterocycles. The van der Waals surface area contributed by atoms with Crippen LogP contribution in [0.5, 0.6) is 0 Å². The van der Waals surface area contributed by atoms with Crippen LogP contribution >= 0.6 is 0 Å². The van der Waals surface area contributed by atoms with Crippen LogP contribution in [0.3, 0.4) is 0 Å². The predicted molar refractivity (Wildman–Crippen MR) is 99.1 cm³/mol. The molecule has 0 fully saturated rings. The highest BCUT2D eigenvalue weighted by Crippen LogP contribution is 2.44. The highest BCUT2D eigenvalue weighted by molar-refractivity contribution is 6.15. The van der Waals surface area contributed by atoms with Gasteiger partial charge in [0.15, 0.2) is 0 Å². The summed E-state index contributed by atoms with van der Waals surface area (Å²) in [5.41, 5.74) is 4.59. The lowest BCUT2D eigenvalue weighted by molar-refractivity contribution is 0.293. The lowest BCUT2D eigenvalue weighted by Gasteiger charge is -2.44. The van der Waals surface area contributed by atoms with Crippen molar-refractivity contribution in [1.29, 1.82) is 0 Å². The maximum Gasteiger partial charge on any atom is 0.127 e. The second-order valence-corrected chi connectivity index (χ2v) is 7.86. The molecule has 0 saturated carbocycles. The van der Waals surface area contributed by atoms with Gasteiger partial charge in [-0.05, 0) is 45.0 Å². The molecular weight excluding hydrogens is 313 g/mol. The summed E-state index contributed by atoms with van der Waals surface area (Å²) in [7, 11) is 0. The van der Waals surface area contributed by atoms with Crippen molar-refractivity contribution in [3.63, 3.8) is 0 Å². The number of aliphatic imine (C=N–C) groups is 1. The summed E-state index contributed by atoms with van der Waals surface area (Å²) in [6.45, 7) is 10.3. The second-order valence-electron chi connectivity index (χ2n) is 7.86. The van der Waals surface area contributed by atoms with E-state index >= 15 is 0 Å². The Morgan fingerprint density at radius 3 is 2.56 bits per heavy atom. The zero-order valence-corrected chi connectivity index (χ0v) is 15.3. The maximum atomic E-state index is 14.8. The fraction of sp³-hybridized carbons (Fsp3) is 0.333. The molecule has 0 N–H and O–H groups in total. The van der Waals surface area contributed by atoms with Crippen molar-refractivity contribution in [1.82, 2.24) is 9.61 Å². The Bertz CT molecular complexity index is 1020. The first-order valence-corrected chi connectivity index (χ1v) is 8.56. The molecule has 0 spiro atoms. The zero-order valence-electron chi connectivity index (χ0n) is 15.3. The van der Waals surface area contributed by atoms with E-state index in [9.17, 15) is 4.39 Å². The molecular formula is C21H22FN3. The van der Waals surface area contributed by atoms with Crippen molar-refractivity contribution in [3.8, 4) is 0 Å². The van der Waals surface area contributed by atoms with Gasteiger partial charge in [-0.2, -0.15) is 5.10 Å². The lowest BCUT2D eigenvalue weighted by atomic mass is 9.65. The highest BCUT2D eigenvalue weighted by Gasteiger charge is 2.45. The number of hydrogen-bond acceptors (Lipinski definition) is 2. The Kier molecular flexibility index (Phi) is 3.21. The maximum absolute atomic E-state index is 14.8. The Balaban J connectivity index is 2.00. The first kappa shape index (κ1) is 16.0. The molecule has 25 heavy (non-hydrogen) atoms. The number of rotatable bonds is 1. The molecule has 2 aromatic heterocycles. The number of nitrogens with zero attached hydrogens (tertiary/aromatic N) is 3. The van der Waals surface area contributed by atoms with Gasteiger partial charge in [-0.3, -0.25) is 4.99 Å². The second kappa shape index (κ2) is 5.01. The van der Waals surface area contributed by atoms with Crippen molar-refractivity contribution >= 4 is 11.2 Å². The molecule has 3 aromatic rings. The van der Waals surface area contributed by atoms with Gasteiger partial charge >= 0.3 is 0 Å². The Morgan fingerprint density at radius 2 is 1.80 bits per heavy atom. The molecule has 1 aromatic carbocycles. The molecule has 0 unspecified atom stereocenters. The van der Waals surface area contributed by atoms with Crippen LogP contribution in [0.2, 0.25) is 0 Å². The first-order valence-electron chi connectivity index (χ1n) is 8.56. The molecule has 4 rings (SSSR count). The lowest BCUT2D eigenvalue weighted by Crippen LogP contribution is -2.46. The summed E-state index contributed by atoms with van der Waals surface area (Å²) in [4.78, 5) is 5.03. The van der Waals surface area contributed by atoms with Gasteiger partial charge in [-0.15, -0.1) is 0 Å². The predicted octanol–water partition coefficient (Wildman–Crippen LogP) is 4.69. The van der Waals surface area contributed by atoms with E-state index in [1.807, 2.05) is 35.8 Å². The van der Waals surface area contributed by atoms with Crippen molar-refractivity contribution in [2.75, 3.05) is 0 Å². The number of hydrogen-bond donors (Lipinski definition) is 0. The van der Waals surface area contributed by atoms with Gasteiger partial charge in [0.25, 0.3) is 0 Å². The van der Waals surface area contributed by atoms with E-state index in [-0.39, 0.29) is 5.82 Å². The summed E-state index contributed by atoms with van der Waals surface area (Å²) in [5, 5.41) is 4.54. The molecule has 1 aliphatic heterocycles. The van der Waals surface area contributed by atoms with E-state index < -0.39 is 11.0 Å². The van der Waals surface area contributed by atoms with E-state index in [2.05, 4.69) is 38.9 Å². The molecule has 0 amide bonds. The van der Waals surface area contributed by atoms with Crippen LogP contribution in [0.1, 0.15) is 50.1 Å². The fourth-order valence-corrected chi connectivity index (χ4v) is 3.63. The molecule has 0 atom stereocenters. The molecule has 3 nitrogen and oxygen atoms in total. The molecule has 0 bridgehead atoms. The van der Waals surface area contributed by atoms with Gasteiger partial charge in [0.1, 0.15) is 5.82 Å². The summed E-state index contributed by atoms with van der Waals surface area (Å²) in [6, 6.07) is 11.4. The Morgan fingerprint density at radius 1 is 1.04 bits per heavy atom. The van der Waals surface area contributed by atoms with Gasteiger partial charge in [-0.1, -0.05) is 26.0 Å². The minimum Gasteiger partial charge on any atom is -0.277 e. The van der Waals surface area contributed by atoms with Crippen LogP contribution in [0, 0.1) is 12.7 Å². The summed E-state index contributed by atoms with van der Waals surface area (Å²) >= 11 is 0. The van der Waals surface area contributed by atoms with Crippen molar-refractivity contribution < 1.29 is 4.39 Å². The minimum atomic E-state index is -0.429. The minimum absolute atomic E-state index is 0.171. The summed E-state index contributed by atoms with van der Waals surface area (Å²) < 4.78 is 16.7. The Labute approximate surface area is 147 Å². The third-order valence-corrected chi connectivity index (χ3v) is 5.78. The van der Waals surface area contributed by atoms with Crippen molar-refractivity contribution in [2.45, 2.75) is 45.6 Å². The standard InChI is InChI=1S/C21H22FN3/c1-13-9-10-15-11-14(12-23-25(13)15)19-16-7-6-8-17(22)18(16)20(2,3)21(4,5)24-19/h6-12H,1-5H3. The van der Waals surface area contributed by atoms with E-state index in [0.29, 0.717) is 0 Å². The van der Waals surface area contributed by atoms with Crippen LogP contribution < -0.4 is 0 Å². The molecule has 0 radical (unpaired) electrons. The van der Waals surface area contributed by atoms with Gasteiger partial charge in [0.05, 0.1) is 23.0 Å². The Hall–Kier alpha value is -2.49. The number of fused-ring (bicyclic) bond motifs is 2. The quantitative estimate of drug-likeness (QED) is 0.634. The van der Waals surface area contributed by atoms with E-state index in [1.165, 1.54) is 6.07 Å². The largest absolute Gasteiger partial charge is 0.277 e. The van der Waals surface area contributed by atoms with Crippen LogP contribution in [0.4, 0.5) is 4.39 Å². The van der Waals surface area contributed by atoms with Gasteiger partial charge in [0.2, 0.25) is 0 Å². The topological polar surface area (TPSA) is 29.7 Å². The highest BCUT2D eigenvalue weighted by atomic mass is 19.1. The number of aryl methyl sites for hydroxylation is 1. The molecule has 128 valence electrons. The third-order valence-electron chi connectivity index (χ3n) is 5.78. The van der Waals surface area contributed by atoms with Crippen LogP contribution in [0.15, 0.2) is 47.6 Å². The average Bonchev–Trinajstić information content (AvgIpc) is 2.92. The average molecular weight is 335 g/mol. The molecule has 0 aliphatic carbocycles. The molecule has 4 heteroatoms.